The van der Waals surface area contributed by atoms with Crippen LogP contribution in [0.5, 0.6) is 11.5 Å². The highest BCUT2D eigenvalue weighted by Gasteiger charge is 2.21. The number of benzene rings is 1. The number of piperidine rings is 1. The highest BCUT2D eigenvalue weighted by atomic mass is 79.9. The number of phenols is 1. The predicted molar refractivity (Wildman–Crippen MR) is 71.7 cm³/mol. The maximum absolute atomic E-state index is 14.0. The molecule has 1 fully saturated rings. The van der Waals surface area contributed by atoms with E-state index < -0.39 is 0 Å². The second kappa shape index (κ2) is 5.89. The lowest BCUT2D eigenvalue weighted by Crippen LogP contribution is -2.35. The molecule has 18 heavy (non-hydrogen) atoms. The van der Waals surface area contributed by atoms with Gasteiger partial charge in [0.25, 0.3) is 0 Å². The van der Waals surface area contributed by atoms with Gasteiger partial charge in [-0.05, 0) is 41.7 Å². The molecule has 0 aliphatic carbocycles. The number of rotatable bonds is 3. The Bertz CT molecular complexity index is 433. The van der Waals surface area contributed by atoms with Gasteiger partial charge in [-0.3, -0.25) is 0 Å². The third-order valence-corrected chi connectivity index (χ3v) is 4.19. The van der Waals surface area contributed by atoms with Gasteiger partial charge >= 0.3 is 0 Å². The van der Waals surface area contributed by atoms with Crippen molar-refractivity contribution in [2.24, 2.45) is 0 Å². The summed E-state index contributed by atoms with van der Waals surface area (Å²) in [7, 11) is 1.41. The van der Waals surface area contributed by atoms with Crippen molar-refractivity contribution in [3.8, 4) is 11.5 Å². The van der Waals surface area contributed by atoms with Crippen LogP contribution < -0.4 is 10.1 Å². The van der Waals surface area contributed by atoms with Gasteiger partial charge in [0, 0.05) is 17.7 Å². The fraction of sp³-hybridized carbons (Fsp3) is 0.538. The number of hydrogen-bond donors (Lipinski definition) is 2. The highest BCUT2D eigenvalue weighted by Crippen LogP contribution is 2.39. The molecule has 2 rings (SSSR count). The maximum atomic E-state index is 14.0. The third-order valence-electron chi connectivity index (χ3n) is 3.34. The summed E-state index contributed by atoms with van der Waals surface area (Å²) in [4.78, 5) is 0. The zero-order valence-electron chi connectivity index (χ0n) is 10.3. The van der Waals surface area contributed by atoms with Crippen LogP contribution in [0.2, 0.25) is 0 Å². The highest BCUT2D eigenvalue weighted by molar-refractivity contribution is 9.10. The minimum Gasteiger partial charge on any atom is -0.503 e. The van der Waals surface area contributed by atoms with Crippen LogP contribution in [-0.2, 0) is 6.42 Å². The first kappa shape index (κ1) is 13.6. The second-order valence-corrected chi connectivity index (χ2v) is 5.35. The molecule has 1 unspecified atom stereocenters. The number of ether oxygens (including phenoxy) is 1. The number of aromatic hydroxyl groups is 1. The van der Waals surface area contributed by atoms with Crippen molar-refractivity contribution in [2.45, 2.75) is 31.7 Å². The Labute approximate surface area is 114 Å². The van der Waals surface area contributed by atoms with Crippen LogP contribution in [0, 0.1) is 5.82 Å². The Hall–Kier alpha value is -0.810. The molecule has 1 heterocycles. The summed E-state index contributed by atoms with van der Waals surface area (Å²) in [6, 6.07) is 1.51. The average Bonchev–Trinajstić information content (AvgIpc) is 2.40. The van der Waals surface area contributed by atoms with E-state index in [9.17, 15) is 9.50 Å². The Morgan fingerprint density at radius 3 is 2.94 bits per heavy atom. The first-order valence-corrected chi connectivity index (χ1v) is 6.90. The van der Waals surface area contributed by atoms with Gasteiger partial charge in [0.05, 0.1) is 11.6 Å². The zero-order valence-corrected chi connectivity index (χ0v) is 11.9. The summed E-state index contributed by atoms with van der Waals surface area (Å²) in [6.45, 7) is 0.978. The van der Waals surface area contributed by atoms with E-state index in [1.165, 1.54) is 26.0 Å². The fourth-order valence-electron chi connectivity index (χ4n) is 2.31. The van der Waals surface area contributed by atoms with Gasteiger partial charge in [-0.15, -0.1) is 0 Å². The Balaban J connectivity index is 2.24. The van der Waals surface area contributed by atoms with E-state index in [1.807, 2.05) is 0 Å². The normalized spacial score (nSPS) is 19.8. The molecule has 5 heteroatoms. The summed E-state index contributed by atoms with van der Waals surface area (Å²) >= 11 is 3.25. The Morgan fingerprint density at radius 2 is 2.33 bits per heavy atom. The van der Waals surface area contributed by atoms with Gasteiger partial charge in [0.1, 0.15) is 5.82 Å². The van der Waals surface area contributed by atoms with E-state index in [-0.39, 0.29) is 23.4 Å². The average molecular weight is 318 g/mol. The molecule has 1 saturated heterocycles. The molecule has 0 bridgehead atoms. The fourth-order valence-corrected chi connectivity index (χ4v) is 2.86. The molecular formula is C13H17BrFNO2. The predicted octanol–water partition coefficient (Wildman–Crippen LogP) is 2.99. The molecule has 1 aliphatic rings. The van der Waals surface area contributed by atoms with Crippen LogP contribution in [0.3, 0.4) is 0 Å². The van der Waals surface area contributed by atoms with E-state index in [2.05, 4.69) is 21.2 Å². The summed E-state index contributed by atoms with van der Waals surface area (Å²) < 4.78 is 19.3. The van der Waals surface area contributed by atoms with Crippen molar-refractivity contribution >= 4 is 15.9 Å². The summed E-state index contributed by atoms with van der Waals surface area (Å²) in [5.41, 5.74) is 0.507. The van der Waals surface area contributed by atoms with Crippen LogP contribution in [0.4, 0.5) is 4.39 Å². The summed E-state index contributed by atoms with van der Waals surface area (Å²) in [5, 5.41) is 13.2. The van der Waals surface area contributed by atoms with Crippen LogP contribution in [-0.4, -0.2) is 24.8 Å². The molecule has 1 atom stereocenters. The number of nitrogens with one attached hydrogen (secondary N) is 1. The lowest BCUT2D eigenvalue weighted by atomic mass is 9.97. The number of hydrogen-bond acceptors (Lipinski definition) is 3. The van der Waals surface area contributed by atoms with Gasteiger partial charge in [0.15, 0.2) is 11.5 Å². The summed E-state index contributed by atoms with van der Waals surface area (Å²) in [6.07, 6.45) is 3.95. The summed E-state index contributed by atoms with van der Waals surface area (Å²) in [5.74, 6) is -0.228. The van der Waals surface area contributed by atoms with Crippen LogP contribution in [0.1, 0.15) is 24.8 Å². The van der Waals surface area contributed by atoms with E-state index in [0.717, 1.165) is 13.0 Å². The number of methoxy groups -OCH3 is 1. The smallest absolute Gasteiger partial charge is 0.172 e. The SMILES string of the molecule is COc1cc(F)c(CC2CCCCN2)c(Br)c1O. The number of phenolic OH excluding ortho intramolecular Hbond substituents is 1. The maximum Gasteiger partial charge on any atom is 0.172 e. The monoisotopic (exact) mass is 317 g/mol. The molecule has 0 aromatic heterocycles. The van der Waals surface area contributed by atoms with Crippen molar-refractivity contribution < 1.29 is 14.2 Å². The minimum atomic E-state index is -0.344. The van der Waals surface area contributed by atoms with Gasteiger partial charge in [0.2, 0.25) is 0 Å². The van der Waals surface area contributed by atoms with Crippen molar-refractivity contribution in [3.05, 3.63) is 21.9 Å². The van der Waals surface area contributed by atoms with E-state index in [4.69, 9.17) is 4.74 Å². The van der Waals surface area contributed by atoms with E-state index >= 15 is 0 Å². The first-order valence-electron chi connectivity index (χ1n) is 6.10. The van der Waals surface area contributed by atoms with Crippen molar-refractivity contribution in [1.82, 2.24) is 5.32 Å². The van der Waals surface area contributed by atoms with Gasteiger partial charge in [-0.2, -0.15) is 0 Å². The molecule has 0 spiro atoms. The van der Waals surface area contributed by atoms with E-state index in [1.54, 1.807) is 0 Å². The lowest BCUT2D eigenvalue weighted by Gasteiger charge is -2.24. The topological polar surface area (TPSA) is 41.5 Å². The lowest BCUT2D eigenvalue weighted by molar-refractivity contribution is 0.364. The van der Waals surface area contributed by atoms with Crippen LogP contribution in [0.25, 0.3) is 0 Å². The van der Waals surface area contributed by atoms with Crippen molar-refractivity contribution in [2.75, 3.05) is 13.7 Å². The molecular weight excluding hydrogens is 301 g/mol. The van der Waals surface area contributed by atoms with Gasteiger partial charge < -0.3 is 15.2 Å². The van der Waals surface area contributed by atoms with Crippen molar-refractivity contribution in [3.63, 3.8) is 0 Å². The molecule has 2 N–H and O–H groups in total. The molecule has 0 saturated carbocycles. The van der Waals surface area contributed by atoms with Gasteiger partial charge in [-0.1, -0.05) is 6.42 Å². The van der Waals surface area contributed by atoms with Crippen LogP contribution in [0.15, 0.2) is 10.5 Å². The molecule has 0 amide bonds. The molecule has 1 aromatic rings. The third kappa shape index (κ3) is 2.78. The zero-order chi connectivity index (χ0) is 13.1. The standard InChI is InChI=1S/C13H17BrFNO2/c1-18-11-7-10(15)9(12(14)13(11)17)6-8-4-2-3-5-16-8/h7-8,16-17H,2-6H2,1H3. The molecule has 3 nitrogen and oxygen atoms in total. The van der Waals surface area contributed by atoms with Crippen LogP contribution >= 0.6 is 15.9 Å². The molecule has 1 aliphatic heterocycles. The largest absolute Gasteiger partial charge is 0.503 e. The first-order chi connectivity index (χ1) is 8.63. The minimum absolute atomic E-state index is 0.0373. The molecule has 0 radical (unpaired) electrons. The molecule has 1 aromatic carbocycles. The van der Waals surface area contributed by atoms with Crippen molar-refractivity contribution in [1.29, 1.82) is 0 Å². The van der Waals surface area contributed by atoms with E-state index in [0.29, 0.717) is 16.5 Å². The Kier molecular flexibility index (Phi) is 4.45. The van der Waals surface area contributed by atoms with Gasteiger partial charge in [-0.25, -0.2) is 4.39 Å². The second-order valence-electron chi connectivity index (χ2n) is 4.55. The molecule has 100 valence electrons. The Morgan fingerprint density at radius 1 is 1.56 bits per heavy atom. The number of halogens is 2. The quantitative estimate of drug-likeness (QED) is 0.900.